The van der Waals surface area contributed by atoms with Gasteiger partial charge in [-0.2, -0.15) is 0 Å². The van der Waals surface area contributed by atoms with Crippen LogP contribution in [0.5, 0.6) is 5.75 Å². The molecule has 1 aromatic rings. The second-order valence-electron chi connectivity index (χ2n) is 2.60. The minimum Gasteiger partial charge on any atom is -0.488 e. The van der Waals surface area contributed by atoms with Crippen molar-refractivity contribution in [2.75, 3.05) is 12.5 Å². The van der Waals surface area contributed by atoms with Gasteiger partial charge in [-0.15, -0.1) is 11.6 Å². The predicted octanol–water partition coefficient (Wildman–Crippen LogP) is 3.47. The summed E-state index contributed by atoms with van der Waals surface area (Å²) in [6.07, 6.45) is 0. The van der Waals surface area contributed by atoms with Gasteiger partial charge in [-0.3, -0.25) is 0 Å². The average molecular weight is 309 g/mol. The molecular formula is C10H10ClIO. The summed E-state index contributed by atoms with van der Waals surface area (Å²) in [5, 5.41) is 0. The molecule has 0 aliphatic rings. The fraction of sp³-hybridized carbons (Fsp3) is 0.200. The van der Waals surface area contributed by atoms with Crippen LogP contribution in [0.1, 0.15) is 0 Å². The molecule has 0 unspecified atom stereocenters. The van der Waals surface area contributed by atoms with E-state index in [2.05, 4.69) is 29.2 Å². The van der Waals surface area contributed by atoms with Gasteiger partial charge in [0.05, 0.1) is 3.57 Å². The fourth-order valence-corrected chi connectivity index (χ4v) is 1.40. The first-order valence-corrected chi connectivity index (χ1v) is 5.45. The lowest BCUT2D eigenvalue weighted by Crippen LogP contribution is -2.02. The number of hydrogen-bond acceptors (Lipinski definition) is 1. The Bertz CT molecular complexity index is 299. The highest BCUT2D eigenvalue weighted by Gasteiger charge is 1.99. The van der Waals surface area contributed by atoms with Crippen LogP contribution in [0.25, 0.3) is 0 Å². The van der Waals surface area contributed by atoms with Crippen molar-refractivity contribution in [2.45, 2.75) is 0 Å². The van der Waals surface area contributed by atoms with Crippen molar-refractivity contribution in [3.8, 4) is 5.75 Å². The van der Waals surface area contributed by atoms with Crippen LogP contribution in [-0.2, 0) is 0 Å². The molecule has 70 valence electrons. The molecule has 0 bridgehead atoms. The standard InChI is InChI=1S/C10H10ClIO/c1-8(6-11)7-13-10-5-3-2-4-9(10)12/h2-5H,1,6-7H2. The van der Waals surface area contributed by atoms with Gasteiger partial charge in [0, 0.05) is 5.88 Å². The number of halogens is 2. The smallest absolute Gasteiger partial charge is 0.133 e. The van der Waals surface area contributed by atoms with Crippen LogP contribution in [0, 0.1) is 3.57 Å². The van der Waals surface area contributed by atoms with E-state index in [1.54, 1.807) is 0 Å². The summed E-state index contributed by atoms with van der Waals surface area (Å²) in [5.41, 5.74) is 0.890. The number of ether oxygens (including phenoxy) is 1. The highest BCUT2D eigenvalue weighted by Crippen LogP contribution is 2.19. The SMILES string of the molecule is C=C(CCl)COc1ccccc1I. The zero-order valence-electron chi connectivity index (χ0n) is 7.09. The third kappa shape index (κ3) is 3.56. The molecule has 13 heavy (non-hydrogen) atoms. The van der Waals surface area contributed by atoms with Gasteiger partial charge in [-0.25, -0.2) is 0 Å². The molecule has 3 heteroatoms. The van der Waals surface area contributed by atoms with Crippen molar-refractivity contribution in [2.24, 2.45) is 0 Å². The molecule has 0 atom stereocenters. The molecule has 0 aromatic heterocycles. The Hall–Kier alpha value is -0.220. The minimum absolute atomic E-state index is 0.448. The first kappa shape index (κ1) is 10.9. The van der Waals surface area contributed by atoms with Crippen molar-refractivity contribution < 1.29 is 4.74 Å². The van der Waals surface area contributed by atoms with Crippen molar-refractivity contribution in [3.63, 3.8) is 0 Å². The molecular weight excluding hydrogens is 298 g/mol. The van der Waals surface area contributed by atoms with Crippen LogP contribution in [0.4, 0.5) is 0 Å². The molecule has 0 N–H and O–H groups in total. The van der Waals surface area contributed by atoms with Crippen LogP contribution in [0.15, 0.2) is 36.4 Å². The molecule has 0 aliphatic carbocycles. The maximum absolute atomic E-state index is 5.58. The number of para-hydroxylation sites is 1. The minimum atomic E-state index is 0.448. The lowest BCUT2D eigenvalue weighted by atomic mass is 10.3. The third-order valence-corrected chi connectivity index (χ3v) is 2.73. The van der Waals surface area contributed by atoms with E-state index in [1.807, 2.05) is 24.3 Å². The van der Waals surface area contributed by atoms with E-state index in [-0.39, 0.29) is 0 Å². The number of rotatable bonds is 4. The maximum Gasteiger partial charge on any atom is 0.133 e. The zero-order chi connectivity index (χ0) is 9.68. The molecule has 0 saturated heterocycles. The van der Waals surface area contributed by atoms with E-state index in [0.717, 1.165) is 14.9 Å². The molecule has 1 nitrogen and oxygen atoms in total. The average Bonchev–Trinajstić information content (AvgIpc) is 2.16. The highest BCUT2D eigenvalue weighted by atomic mass is 127. The van der Waals surface area contributed by atoms with E-state index in [9.17, 15) is 0 Å². The highest BCUT2D eigenvalue weighted by molar-refractivity contribution is 14.1. The van der Waals surface area contributed by atoms with E-state index < -0.39 is 0 Å². The molecule has 0 fully saturated rings. The van der Waals surface area contributed by atoms with E-state index >= 15 is 0 Å². The Labute approximate surface area is 96.9 Å². The Morgan fingerprint density at radius 2 is 2.15 bits per heavy atom. The van der Waals surface area contributed by atoms with Gasteiger partial charge in [-0.05, 0) is 40.3 Å². The first-order chi connectivity index (χ1) is 6.24. The third-order valence-electron chi connectivity index (χ3n) is 1.46. The monoisotopic (exact) mass is 308 g/mol. The normalized spacial score (nSPS) is 9.69. The number of benzene rings is 1. The van der Waals surface area contributed by atoms with Gasteiger partial charge < -0.3 is 4.74 Å². The van der Waals surface area contributed by atoms with Gasteiger partial charge in [0.2, 0.25) is 0 Å². The van der Waals surface area contributed by atoms with Crippen molar-refractivity contribution in [1.82, 2.24) is 0 Å². The molecule has 1 aromatic carbocycles. The molecule has 0 amide bonds. The molecule has 0 saturated carbocycles. The second-order valence-corrected chi connectivity index (χ2v) is 4.03. The van der Waals surface area contributed by atoms with Crippen LogP contribution in [-0.4, -0.2) is 12.5 Å². The zero-order valence-corrected chi connectivity index (χ0v) is 10.0. The molecule has 0 radical (unpaired) electrons. The van der Waals surface area contributed by atoms with Gasteiger partial charge >= 0.3 is 0 Å². The second kappa shape index (κ2) is 5.50. The molecule has 0 heterocycles. The largest absolute Gasteiger partial charge is 0.488 e. The lowest BCUT2D eigenvalue weighted by Gasteiger charge is -2.07. The Morgan fingerprint density at radius 1 is 1.46 bits per heavy atom. The molecule has 1 rings (SSSR count). The summed E-state index contributed by atoms with van der Waals surface area (Å²) in [5.74, 6) is 1.33. The van der Waals surface area contributed by atoms with E-state index in [4.69, 9.17) is 16.3 Å². The van der Waals surface area contributed by atoms with Gasteiger partial charge in [-0.1, -0.05) is 18.7 Å². The quantitative estimate of drug-likeness (QED) is 0.470. The number of hydrogen-bond donors (Lipinski definition) is 0. The summed E-state index contributed by atoms with van der Waals surface area (Å²) in [6.45, 7) is 4.25. The topological polar surface area (TPSA) is 9.23 Å². The van der Waals surface area contributed by atoms with E-state index in [1.165, 1.54) is 0 Å². The fourth-order valence-electron chi connectivity index (χ4n) is 0.780. The Morgan fingerprint density at radius 3 is 2.77 bits per heavy atom. The summed E-state index contributed by atoms with van der Waals surface area (Å²) < 4.78 is 6.60. The van der Waals surface area contributed by atoms with Crippen LogP contribution in [0.3, 0.4) is 0 Å². The Kier molecular flexibility index (Phi) is 4.59. The van der Waals surface area contributed by atoms with Crippen LogP contribution >= 0.6 is 34.2 Å². The summed E-state index contributed by atoms with van der Waals surface area (Å²) in [7, 11) is 0. The summed E-state index contributed by atoms with van der Waals surface area (Å²) in [6, 6.07) is 7.86. The van der Waals surface area contributed by atoms with Crippen molar-refractivity contribution in [1.29, 1.82) is 0 Å². The van der Waals surface area contributed by atoms with Crippen LogP contribution in [0.2, 0.25) is 0 Å². The summed E-state index contributed by atoms with van der Waals surface area (Å²) >= 11 is 7.81. The van der Waals surface area contributed by atoms with Gasteiger partial charge in [0.25, 0.3) is 0 Å². The van der Waals surface area contributed by atoms with E-state index in [0.29, 0.717) is 12.5 Å². The van der Waals surface area contributed by atoms with Crippen LogP contribution < -0.4 is 4.74 Å². The van der Waals surface area contributed by atoms with Gasteiger partial charge in [0.1, 0.15) is 12.4 Å². The lowest BCUT2D eigenvalue weighted by molar-refractivity contribution is 0.350. The maximum atomic E-state index is 5.58. The Balaban J connectivity index is 2.54. The first-order valence-electron chi connectivity index (χ1n) is 3.84. The van der Waals surface area contributed by atoms with Gasteiger partial charge in [0.15, 0.2) is 0 Å². The number of alkyl halides is 1. The molecule has 0 spiro atoms. The molecule has 0 aliphatic heterocycles. The van der Waals surface area contributed by atoms with Crippen molar-refractivity contribution in [3.05, 3.63) is 40.0 Å². The predicted molar refractivity (Wildman–Crippen MR) is 64.5 cm³/mol. The summed E-state index contributed by atoms with van der Waals surface area (Å²) in [4.78, 5) is 0. The van der Waals surface area contributed by atoms with Crippen molar-refractivity contribution >= 4 is 34.2 Å².